The molecule has 1 rings (SSSR count). The van der Waals surface area contributed by atoms with E-state index in [-0.39, 0.29) is 29.8 Å². The Hall–Kier alpha value is -1.05. The Labute approximate surface area is 149 Å². The van der Waals surface area contributed by atoms with Crippen molar-refractivity contribution in [1.82, 2.24) is 10.6 Å². The molecule has 0 bridgehead atoms. The van der Waals surface area contributed by atoms with Gasteiger partial charge in [-0.15, -0.1) is 24.0 Å². The van der Waals surface area contributed by atoms with E-state index in [0.29, 0.717) is 18.3 Å². The predicted octanol–water partition coefficient (Wildman–Crippen LogP) is 3.42. The third kappa shape index (κ3) is 9.81. The maximum atomic E-state index is 12.7. The van der Waals surface area contributed by atoms with Crippen LogP contribution in [-0.2, 0) is 0 Å². The van der Waals surface area contributed by atoms with Crippen molar-refractivity contribution in [1.29, 1.82) is 0 Å². The molecule has 0 fully saturated rings. The summed E-state index contributed by atoms with van der Waals surface area (Å²) in [5.74, 6) is 1.89. The first-order chi connectivity index (χ1) is 10.1. The van der Waals surface area contributed by atoms with Crippen LogP contribution in [0.3, 0.4) is 0 Å². The molecule has 0 spiro atoms. The highest BCUT2D eigenvalue weighted by Gasteiger charge is 1.99. The standard InChI is InChI=1S/C16H26FN3O.HI/c1-13(2)12-20-16(18-3)19-10-4-5-11-21-15-8-6-14(17)7-9-15;/h6-9,13H,4-5,10-12H2,1-3H3,(H2,18,19,20);1H. The maximum absolute atomic E-state index is 12.7. The Balaban J connectivity index is 0.00000441. The minimum atomic E-state index is -0.244. The van der Waals surface area contributed by atoms with E-state index in [1.807, 2.05) is 0 Å². The van der Waals surface area contributed by atoms with E-state index in [0.717, 1.165) is 31.9 Å². The molecule has 4 nitrogen and oxygen atoms in total. The second-order valence-corrected chi connectivity index (χ2v) is 5.28. The van der Waals surface area contributed by atoms with Gasteiger partial charge in [-0.05, 0) is 43.0 Å². The largest absolute Gasteiger partial charge is 0.494 e. The van der Waals surface area contributed by atoms with Gasteiger partial charge in [0.15, 0.2) is 5.96 Å². The molecule has 0 saturated carbocycles. The van der Waals surface area contributed by atoms with Gasteiger partial charge in [0.2, 0.25) is 0 Å². The Morgan fingerprint density at radius 3 is 2.45 bits per heavy atom. The van der Waals surface area contributed by atoms with Crippen LogP contribution in [0, 0.1) is 11.7 Å². The first kappa shape index (κ1) is 20.9. The molecule has 0 radical (unpaired) electrons. The van der Waals surface area contributed by atoms with Gasteiger partial charge in [0, 0.05) is 20.1 Å². The number of halogens is 2. The zero-order valence-electron chi connectivity index (χ0n) is 13.6. The van der Waals surface area contributed by atoms with Crippen molar-refractivity contribution >= 4 is 29.9 Å². The second kappa shape index (κ2) is 12.5. The van der Waals surface area contributed by atoms with Crippen molar-refractivity contribution in [3.05, 3.63) is 30.1 Å². The first-order valence-corrected chi connectivity index (χ1v) is 7.44. The van der Waals surface area contributed by atoms with Crippen LogP contribution in [0.2, 0.25) is 0 Å². The summed E-state index contributed by atoms with van der Waals surface area (Å²) >= 11 is 0. The number of ether oxygens (including phenoxy) is 1. The van der Waals surface area contributed by atoms with E-state index in [4.69, 9.17) is 4.74 Å². The summed E-state index contributed by atoms with van der Waals surface area (Å²) in [5, 5.41) is 6.53. The highest BCUT2D eigenvalue weighted by molar-refractivity contribution is 14.0. The molecule has 0 aliphatic carbocycles. The van der Waals surface area contributed by atoms with E-state index in [1.54, 1.807) is 19.2 Å². The van der Waals surface area contributed by atoms with Gasteiger partial charge in [0.25, 0.3) is 0 Å². The van der Waals surface area contributed by atoms with Crippen molar-refractivity contribution in [3.63, 3.8) is 0 Å². The van der Waals surface area contributed by atoms with Crippen molar-refractivity contribution in [2.75, 3.05) is 26.7 Å². The average molecular weight is 423 g/mol. The third-order valence-electron chi connectivity index (χ3n) is 2.85. The van der Waals surface area contributed by atoms with Crippen LogP contribution < -0.4 is 15.4 Å². The SMILES string of the molecule is CN=C(NCCCCOc1ccc(F)cc1)NCC(C)C.I. The zero-order chi connectivity index (χ0) is 15.5. The predicted molar refractivity (Wildman–Crippen MR) is 101 cm³/mol. The lowest BCUT2D eigenvalue weighted by Gasteiger charge is -2.13. The van der Waals surface area contributed by atoms with Crippen molar-refractivity contribution < 1.29 is 9.13 Å². The molecule has 0 aliphatic heterocycles. The molecule has 0 amide bonds. The van der Waals surface area contributed by atoms with Crippen molar-refractivity contribution in [2.45, 2.75) is 26.7 Å². The number of benzene rings is 1. The fourth-order valence-electron chi connectivity index (χ4n) is 1.68. The molecular weight excluding hydrogens is 396 g/mol. The molecule has 0 atom stereocenters. The summed E-state index contributed by atoms with van der Waals surface area (Å²) in [6.07, 6.45) is 1.93. The number of aliphatic imine (C=N–C) groups is 1. The number of nitrogens with zero attached hydrogens (tertiary/aromatic N) is 1. The van der Waals surface area contributed by atoms with E-state index >= 15 is 0 Å². The van der Waals surface area contributed by atoms with Crippen LogP contribution >= 0.6 is 24.0 Å². The average Bonchev–Trinajstić information content (AvgIpc) is 2.47. The van der Waals surface area contributed by atoms with E-state index < -0.39 is 0 Å². The Bertz CT molecular complexity index is 424. The van der Waals surface area contributed by atoms with Crippen LogP contribution in [0.4, 0.5) is 4.39 Å². The Morgan fingerprint density at radius 1 is 1.18 bits per heavy atom. The number of hydrogen-bond acceptors (Lipinski definition) is 2. The van der Waals surface area contributed by atoms with Crippen LogP contribution in [0.15, 0.2) is 29.3 Å². The van der Waals surface area contributed by atoms with E-state index in [2.05, 4.69) is 29.5 Å². The van der Waals surface area contributed by atoms with Gasteiger partial charge < -0.3 is 15.4 Å². The van der Waals surface area contributed by atoms with Gasteiger partial charge in [0.1, 0.15) is 11.6 Å². The Kier molecular flexibility index (Phi) is 11.9. The lowest BCUT2D eigenvalue weighted by atomic mass is 10.2. The molecule has 1 aromatic carbocycles. The van der Waals surface area contributed by atoms with Crippen LogP contribution in [-0.4, -0.2) is 32.7 Å². The summed E-state index contributed by atoms with van der Waals surface area (Å²) < 4.78 is 18.2. The van der Waals surface area contributed by atoms with Crippen LogP contribution in [0.5, 0.6) is 5.75 Å². The summed E-state index contributed by atoms with van der Waals surface area (Å²) in [5.41, 5.74) is 0. The molecule has 0 saturated heterocycles. The maximum Gasteiger partial charge on any atom is 0.190 e. The minimum absolute atomic E-state index is 0. The molecule has 0 aliphatic rings. The van der Waals surface area contributed by atoms with E-state index in [9.17, 15) is 4.39 Å². The summed E-state index contributed by atoms with van der Waals surface area (Å²) in [6.45, 7) is 6.71. The van der Waals surface area contributed by atoms with Gasteiger partial charge >= 0.3 is 0 Å². The fourth-order valence-corrected chi connectivity index (χ4v) is 1.68. The second-order valence-electron chi connectivity index (χ2n) is 5.28. The van der Waals surface area contributed by atoms with Crippen molar-refractivity contribution in [2.24, 2.45) is 10.9 Å². The van der Waals surface area contributed by atoms with Gasteiger partial charge in [-0.1, -0.05) is 13.8 Å². The van der Waals surface area contributed by atoms with Gasteiger partial charge in [-0.3, -0.25) is 4.99 Å². The van der Waals surface area contributed by atoms with Crippen LogP contribution in [0.1, 0.15) is 26.7 Å². The summed E-state index contributed by atoms with van der Waals surface area (Å²) in [7, 11) is 1.77. The van der Waals surface area contributed by atoms with Crippen LogP contribution in [0.25, 0.3) is 0 Å². The van der Waals surface area contributed by atoms with Gasteiger partial charge in [0.05, 0.1) is 6.61 Å². The lowest BCUT2D eigenvalue weighted by molar-refractivity contribution is 0.306. The number of unbranched alkanes of at least 4 members (excludes halogenated alkanes) is 1. The molecule has 6 heteroatoms. The summed E-state index contributed by atoms with van der Waals surface area (Å²) in [4.78, 5) is 4.16. The molecular formula is C16H27FIN3O. The molecule has 0 aromatic heterocycles. The number of nitrogens with one attached hydrogen (secondary N) is 2. The monoisotopic (exact) mass is 423 g/mol. The smallest absolute Gasteiger partial charge is 0.190 e. The Morgan fingerprint density at radius 2 is 1.86 bits per heavy atom. The normalized spacial score (nSPS) is 11.0. The molecule has 1 aromatic rings. The zero-order valence-corrected chi connectivity index (χ0v) is 15.9. The number of rotatable bonds is 8. The number of guanidine groups is 1. The third-order valence-corrected chi connectivity index (χ3v) is 2.85. The lowest BCUT2D eigenvalue weighted by Crippen LogP contribution is -2.39. The number of hydrogen-bond donors (Lipinski definition) is 2. The molecule has 2 N–H and O–H groups in total. The molecule has 126 valence electrons. The van der Waals surface area contributed by atoms with Crippen molar-refractivity contribution in [3.8, 4) is 5.75 Å². The quantitative estimate of drug-likeness (QED) is 0.292. The molecule has 22 heavy (non-hydrogen) atoms. The molecule has 0 heterocycles. The minimum Gasteiger partial charge on any atom is -0.494 e. The molecule has 0 unspecified atom stereocenters. The first-order valence-electron chi connectivity index (χ1n) is 7.44. The van der Waals surface area contributed by atoms with Gasteiger partial charge in [-0.2, -0.15) is 0 Å². The topological polar surface area (TPSA) is 45.7 Å². The highest BCUT2D eigenvalue weighted by atomic mass is 127. The fraction of sp³-hybridized carbons (Fsp3) is 0.562. The van der Waals surface area contributed by atoms with E-state index in [1.165, 1.54) is 12.1 Å². The highest BCUT2D eigenvalue weighted by Crippen LogP contribution is 2.11. The van der Waals surface area contributed by atoms with Gasteiger partial charge in [-0.25, -0.2) is 4.39 Å². The summed E-state index contributed by atoms with van der Waals surface area (Å²) in [6, 6.07) is 6.10.